The van der Waals surface area contributed by atoms with Crippen LogP contribution in [0.25, 0.3) is 0 Å². The van der Waals surface area contributed by atoms with E-state index in [9.17, 15) is 4.39 Å². The van der Waals surface area contributed by atoms with E-state index in [4.69, 9.17) is 5.73 Å². The summed E-state index contributed by atoms with van der Waals surface area (Å²) in [7, 11) is 0. The monoisotopic (exact) mass is 385 g/mol. The van der Waals surface area contributed by atoms with E-state index in [1.165, 1.54) is 6.07 Å². The van der Waals surface area contributed by atoms with Gasteiger partial charge in [-0.05, 0) is 58.1 Å². The molecular weight excluding hydrogens is 373 g/mol. The molecule has 0 aliphatic heterocycles. The molecule has 0 aromatic heterocycles. The summed E-state index contributed by atoms with van der Waals surface area (Å²) < 4.78 is 15.0. The molecule has 0 amide bonds. The number of halogens is 3. The average molecular weight is 387 g/mol. The van der Waals surface area contributed by atoms with Crippen LogP contribution >= 0.6 is 31.9 Å². The van der Waals surface area contributed by atoms with Crippen LogP contribution in [0.4, 0.5) is 4.39 Å². The molecule has 0 bridgehead atoms. The summed E-state index contributed by atoms with van der Waals surface area (Å²) in [5, 5.41) is 0. The van der Waals surface area contributed by atoms with Crippen LogP contribution in [0, 0.1) is 12.7 Å². The zero-order valence-electron chi connectivity index (χ0n) is 10.5. The van der Waals surface area contributed by atoms with E-state index in [0.717, 1.165) is 21.2 Å². The minimum Gasteiger partial charge on any atom is -0.324 e. The fourth-order valence-corrected chi connectivity index (χ4v) is 2.63. The van der Waals surface area contributed by atoms with Crippen LogP contribution in [-0.4, -0.2) is 0 Å². The SMILES string of the molecule is Cc1cc(C(N)Cc2cccc(F)c2Br)ccc1Br. The Morgan fingerprint density at radius 3 is 2.63 bits per heavy atom. The molecular formula is C15H14Br2FN. The summed E-state index contributed by atoms with van der Waals surface area (Å²) in [5.41, 5.74) is 9.29. The van der Waals surface area contributed by atoms with Crippen LogP contribution in [0.15, 0.2) is 45.3 Å². The molecule has 2 rings (SSSR count). The Labute approximate surface area is 129 Å². The molecule has 0 heterocycles. The summed E-state index contributed by atoms with van der Waals surface area (Å²) in [6.07, 6.45) is 0.597. The van der Waals surface area contributed by atoms with Gasteiger partial charge in [-0.25, -0.2) is 4.39 Å². The number of rotatable bonds is 3. The Morgan fingerprint density at radius 1 is 1.21 bits per heavy atom. The maximum Gasteiger partial charge on any atom is 0.137 e. The van der Waals surface area contributed by atoms with Gasteiger partial charge in [-0.2, -0.15) is 0 Å². The van der Waals surface area contributed by atoms with Crippen molar-refractivity contribution in [1.82, 2.24) is 0 Å². The van der Waals surface area contributed by atoms with E-state index in [1.807, 2.05) is 25.1 Å². The maximum atomic E-state index is 13.5. The van der Waals surface area contributed by atoms with Crippen LogP contribution in [0.1, 0.15) is 22.7 Å². The first kappa shape index (κ1) is 14.7. The second-order valence-electron chi connectivity index (χ2n) is 4.53. The predicted molar refractivity (Wildman–Crippen MR) is 83.6 cm³/mol. The van der Waals surface area contributed by atoms with Gasteiger partial charge in [0.2, 0.25) is 0 Å². The Balaban J connectivity index is 2.23. The molecule has 0 aliphatic carbocycles. The number of aryl methyl sites for hydroxylation is 1. The first-order chi connectivity index (χ1) is 8.99. The van der Waals surface area contributed by atoms with Gasteiger partial charge in [0.1, 0.15) is 5.82 Å². The Hall–Kier alpha value is -0.710. The van der Waals surface area contributed by atoms with Gasteiger partial charge >= 0.3 is 0 Å². The highest BCUT2D eigenvalue weighted by Crippen LogP contribution is 2.26. The topological polar surface area (TPSA) is 26.0 Å². The summed E-state index contributed by atoms with van der Waals surface area (Å²) in [6.45, 7) is 2.03. The summed E-state index contributed by atoms with van der Waals surface area (Å²) >= 11 is 6.74. The van der Waals surface area contributed by atoms with Crippen LogP contribution in [0.2, 0.25) is 0 Å². The zero-order valence-corrected chi connectivity index (χ0v) is 13.6. The van der Waals surface area contributed by atoms with Crippen LogP contribution < -0.4 is 5.73 Å². The van der Waals surface area contributed by atoms with Gasteiger partial charge in [-0.3, -0.25) is 0 Å². The number of nitrogens with two attached hydrogens (primary N) is 1. The highest BCUT2D eigenvalue weighted by molar-refractivity contribution is 9.10. The van der Waals surface area contributed by atoms with Gasteiger partial charge in [0.15, 0.2) is 0 Å². The van der Waals surface area contributed by atoms with Crippen molar-refractivity contribution in [2.75, 3.05) is 0 Å². The minimum absolute atomic E-state index is 0.148. The molecule has 2 aromatic rings. The number of benzene rings is 2. The van der Waals surface area contributed by atoms with Crippen molar-refractivity contribution < 1.29 is 4.39 Å². The summed E-state index contributed by atoms with van der Waals surface area (Å²) in [6, 6.07) is 10.9. The lowest BCUT2D eigenvalue weighted by molar-refractivity contribution is 0.614. The number of hydrogen-bond donors (Lipinski definition) is 1. The van der Waals surface area contributed by atoms with Gasteiger partial charge in [-0.15, -0.1) is 0 Å². The molecule has 0 fully saturated rings. The van der Waals surface area contributed by atoms with E-state index in [2.05, 4.69) is 37.9 Å². The second-order valence-corrected chi connectivity index (χ2v) is 6.18. The van der Waals surface area contributed by atoms with Crippen molar-refractivity contribution in [3.63, 3.8) is 0 Å². The van der Waals surface area contributed by atoms with Gasteiger partial charge < -0.3 is 5.73 Å². The standard InChI is InChI=1S/C15H14Br2FN/c1-9-7-10(5-6-12(9)16)14(19)8-11-3-2-4-13(18)15(11)17/h2-7,14H,8,19H2,1H3. The van der Waals surface area contributed by atoms with Crippen molar-refractivity contribution in [2.45, 2.75) is 19.4 Å². The predicted octanol–water partition coefficient (Wildman–Crippen LogP) is 4.90. The fourth-order valence-electron chi connectivity index (χ4n) is 1.96. The zero-order chi connectivity index (χ0) is 14.0. The van der Waals surface area contributed by atoms with Crippen molar-refractivity contribution in [3.8, 4) is 0 Å². The van der Waals surface area contributed by atoms with Gasteiger partial charge in [0, 0.05) is 10.5 Å². The molecule has 2 N–H and O–H groups in total. The van der Waals surface area contributed by atoms with Crippen molar-refractivity contribution in [2.24, 2.45) is 5.73 Å². The first-order valence-corrected chi connectivity index (χ1v) is 7.52. The molecule has 0 radical (unpaired) electrons. The number of hydrogen-bond acceptors (Lipinski definition) is 1. The highest BCUT2D eigenvalue weighted by atomic mass is 79.9. The normalized spacial score (nSPS) is 12.5. The average Bonchev–Trinajstić information content (AvgIpc) is 2.38. The molecule has 0 aliphatic rings. The molecule has 1 atom stereocenters. The lowest BCUT2D eigenvalue weighted by Gasteiger charge is -2.14. The molecule has 0 saturated heterocycles. The van der Waals surface area contributed by atoms with E-state index in [1.54, 1.807) is 6.07 Å². The first-order valence-electron chi connectivity index (χ1n) is 5.93. The molecule has 2 aromatic carbocycles. The quantitative estimate of drug-likeness (QED) is 0.797. The molecule has 1 nitrogen and oxygen atoms in total. The third kappa shape index (κ3) is 3.44. The summed E-state index contributed by atoms with van der Waals surface area (Å²) in [4.78, 5) is 0. The van der Waals surface area contributed by atoms with Crippen LogP contribution in [0.3, 0.4) is 0 Å². The third-order valence-electron chi connectivity index (χ3n) is 3.08. The third-order valence-corrected chi connectivity index (χ3v) is 4.86. The largest absolute Gasteiger partial charge is 0.324 e. The molecule has 0 saturated carbocycles. The smallest absolute Gasteiger partial charge is 0.137 e. The lowest BCUT2D eigenvalue weighted by atomic mass is 9.98. The van der Waals surface area contributed by atoms with E-state index in [-0.39, 0.29) is 11.9 Å². The van der Waals surface area contributed by atoms with Gasteiger partial charge in [0.05, 0.1) is 4.47 Å². The van der Waals surface area contributed by atoms with Crippen molar-refractivity contribution in [1.29, 1.82) is 0 Å². The second kappa shape index (κ2) is 6.16. The van der Waals surface area contributed by atoms with Crippen LogP contribution in [-0.2, 0) is 6.42 Å². The fraction of sp³-hybridized carbons (Fsp3) is 0.200. The van der Waals surface area contributed by atoms with E-state index in [0.29, 0.717) is 10.9 Å². The van der Waals surface area contributed by atoms with Crippen molar-refractivity contribution in [3.05, 3.63) is 67.9 Å². The molecule has 1 unspecified atom stereocenters. The lowest BCUT2D eigenvalue weighted by Crippen LogP contribution is -2.14. The molecule has 19 heavy (non-hydrogen) atoms. The van der Waals surface area contributed by atoms with Gasteiger partial charge in [0.25, 0.3) is 0 Å². The Bertz CT molecular complexity index is 599. The summed E-state index contributed by atoms with van der Waals surface area (Å²) in [5.74, 6) is -0.253. The van der Waals surface area contributed by atoms with E-state index >= 15 is 0 Å². The Kier molecular flexibility index (Phi) is 4.76. The molecule has 0 spiro atoms. The molecule has 4 heteroatoms. The van der Waals surface area contributed by atoms with Crippen molar-refractivity contribution >= 4 is 31.9 Å². The highest BCUT2D eigenvalue weighted by Gasteiger charge is 2.12. The Morgan fingerprint density at radius 2 is 1.95 bits per heavy atom. The van der Waals surface area contributed by atoms with E-state index < -0.39 is 0 Å². The molecule has 100 valence electrons. The maximum absolute atomic E-state index is 13.5. The van der Waals surface area contributed by atoms with Gasteiger partial charge in [-0.1, -0.05) is 40.2 Å². The minimum atomic E-state index is -0.253. The van der Waals surface area contributed by atoms with Crippen LogP contribution in [0.5, 0.6) is 0 Å².